The molecule has 32 heavy (non-hydrogen) atoms. The summed E-state index contributed by atoms with van der Waals surface area (Å²) >= 11 is 3.51. The van der Waals surface area contributed by atoms with Gasteiger partial charge in [0, 0.05) is 35.0 Å². The van der Waals surface area contributed by atoms with Crippen molar-refractivity contribution in [1.29, 1.82) is 0 Å². The van der Waals surface area contributed by atoms with E-state index in [2.05, 4.69) is 38.0 Å². The maximum Gasteiger partial charge on any atom is 0.335 e. The molecule has 3 aromatic rings. The van der Waals surface area contributed by atoms with Crippen LogP contribution in [0.1, 0.15) is 21.5 Å². The molecule has 0 bridgehead atoms. The molecule has 0 saturated carbocycles. The molecule has 0 aromatic heterocycles. The monoisotopic (exact) mass is 494 g/mol. The van der Waals surface area contributed by atoms with Crippen molar-refractivity contribution in [1.82, 2.24) is 0 Å². The molecule has 0 atom stereocenters. The van der Waals surface area contributed by atoms with E-state index in [-0.39, 0.29) is 5.56 Å². The Morgan fingerprint density at radius 2 is 1.78 bits per heavy atom. The first-order valence-corrected chi connectivity index (χ1v) is 11.1. The number of hydrogen-bond acceptors (Lipinski definition) is 5. The lowest BCUT2D eigenvalue weighted by Crippen LogP contribution is -2.36. The summed E-state index contributed by atoms with van der Waals surface area (Å²) in [4.78, 5) is 17.9. The summed E-state index contributed by atoms with van der Waals surface area (Å²) in [6.07, 6.45) is 1.79. The van der Waals surface area contributed by atoms with Gasteiger partial charge in [0.25, 0.3) is 0 Å². The van der Waals surface area contributed by atoms with Gasteiger partial charge in [-0.25, -0.2) is 4.79 Å². The number of carboxylic acids is 1. The largest absolute Gasteiger partial charge is 0.488 e. The molecule has 4 rings (SSSR count). The normalized spacial score (nSPS) is 14.0. The van der Waals surface area contributed by atoms with E-state index in [0.717, 1.165) is 47.6 Å². The second kappa shape index (κ2) is 10.4. The first-order valence-electron chi connectivity index (χ1n) is 10.3. The minimum Gasteiger partial charge on any atom is -0.488 e. The van der Waals surface area contributed by atoms with Crippen LogP contribution in [0.5, 0.6) is 5.75 Å². The molecule has 1 saturated heterocycles. The van der Waals surface area contributed by atoms with Crippen LogP contribution in [0.15, 0.2) is 76.2 Å². The fourth-order valence-corrected chi connectivity index (χ4v) is 3.75. The van der Waals surface area contributed by atoms with Crippen molar-refractivity contribution in [2.24, 2.45) is 4.99 Å². The Morgan fingerprint density at radius 3 is 2.47 bits per heavy atom. The van der Waals surface area contributed by atoms with Crippen LogP contribution in [0.4, 0.5) is 11.4 Å². The number of morpholine rings is 1. The lowest BCUT2D eigenvalue weighted by atomic mass is 10.1. The first-order chi connectivity index (χ1) is 15.6. The fourth-order valence-electron chi connectivity index (χ4n) is 3.37. The molecule has 0 radical (unpaired) electrons. The average Bonchev–Trinajstić information content (AvgIpc) is 2.83. The van der Waals surface area contributed by atoms with Crippen LogP contribution < -0.4 is 9.64 Å². The Hall–Kier alpha value is -3.16. The van der Waals surface area contributed by atoms with Crippen molar-refractivity contribution in [3.8, 4) is 5.75 Å². The van der Waals surface area contributed by atoms with Gasteiger partial charge in [-0.3, -0.25) is 4.99 Å². The highest BCUT2D eigenvalue weighted by Crippen LogP contribution is 2.25. The minimum absolute atomic E-state index is 0.254. The highest BCUT2D eigenvalue weighted by Gasteiger charge is 2.11. The quantitative estimate of drug-likeness (QED) is 0.450. The number of carbonyl (C=O) groups is 1. The van der Waals surface area contributed by atoms with E-state index < -0.39 is 5.97 Å². The van der Waals surface area contributed by atoms with Gasteiger partial charge in [0.2, 0.25) is 0 Å². The van der Waals surface area contributed by atoms with E-state index in [0.29, 0.717) is 12.4 Å². The summed E-state index contributed by atoms with van der Waals surface area (Å²) in [6.45, 7) is 3.65. The van der Waals surface area contributed by atoms with Crippen LogP contribution in [0.2, 0.25) is 0 Å². The number of halogens is 1. The summed E-state index contributed by atoms with van der Waals surface area (Å²) in [5.41, 5.74) is 4.02. The van der Waals surface area contributed by atoms with Crippen molar-refractivity contribution < 1.29 is 19.4 Å². The molecular weight excluding hydrogens is 472 g/mol. The number of carboxylic acid groups (broad SMARTS) is 1. The van der Waals surface area contributed by atoms with Gasteiger partial charge in [-0.05, 0) is 60.2 Å². The summed E-state index contributed by atoms with van der Waals surface area (Å²) in [6, 6.07) is 20.6. The van der Waals surface area contributed by atoms with Gasteiger partial charge < -0.3 is 19.5 Å². The van der Waals surface area contributed by atoms with Gasteiger partial charge >= 0.3 is 5.97 Å². The van der Waals surface area contributed by atoms with E-state index in [4.69, 9.17) is 14.6 Å². The molecular formula is C25H23BrN2O4. The zero-order chi connectivity index (χ0) is 22.3. The number of nitrogens with zero attached hydrogens (tertiary/aromatic N) is 2. The molecule has 0 unspecified atom stereocenters. The van der Waals surface area contributed by atoms with E-state index >= 15 is 0 Å². The number of benzene rings is 3. The lowest BCUT2D eigenvalue weighted by molar-refractivity contribution is 0.0697. The van der Waals surface area contributed by atoms with Gasteiger partial charge in [-0.2, -0.15) is 0 Å². The van der Waals surface area contributed by atoms with Crippen LogP contribution in [0.25, 0.3) is 0 Å². The fraction of sp³-hybridized carbons (Fsp3) is 0.200. The molecule has 0 amide bonds. The SMILES string of the molecule is O=C(O)c1ccc(COc2ccc(Br)cc2C=Nc2ccc(N3CCOCC3)cc2)cc1. The second-order valence-corrected chi connectivity index (χ2v) is 8.26. The Labute approximate surface area is 195 Å². The summed E-state index contributed by atoms with van der Waals surface area (Å²) in [5.74, 6) is -0.244. The molecule has 1 aliphatic heterocycles. The third kappa shape index (κ3) is 5.75. The molecule has 6 nitrogen and oxygen atoms in total. The van der Waals surface area contributed by atoms with Crippen LogP contribution in [0, 0.1) is 0 Å². The van der Waals surface area contributed by atoms with E-state index in [1.807, 2.05) is 30.3 Å². The Bertz CT molecular complexity index is 1090. The molecule has 1 N–H and O–H groups in total. The highest BCUT2D eigenvalue weighted by atomic mass is 79.9. The third-order valence-electron chi connectivity index (χ3n) is 5.15. The van der Waals surface area contributed by atoms with E-state index in [1.165, 1.54) is 5.69 Å². The number of aliphatic imine (C=N–C) groups is 1. The lowest BCUT2D eigenvalue weighted by Gasteiger charge is -2.28. The van der Waals surface area contributed by atoms with Crippen molar-refractivity contribution in [2.45, 2.75) is 6.61 Å². The number of hydrogen-bond donors (Lipinski definition) is 1. The summed E-state index contributed by atoms with van der Waals surface area (Å²) in [7, 11) is 0. The van der Waals surface area contributed by atoms with E-state index in [1.54, 1.807) is 30.5 Å². The smallest absolute Gasteiger partial charge is 0.335 e. The van der Waals surface area contributed by atoms with Crippen molar-refractivity contribution in [3.05, 3.63) is 87.9 Å². The van der Waals surface area contributed by atoms with Crippen molar-refractivity contribution >= 4 is 39.5 Å². The Morgan fingerprint density at radius 1 is 1.06 bits per heavy atom. The van der Waals surface area contributed by atoms with Crippen LogP contribution >= 0.6 is 15.9 Å². The maximum atomic E-state index is 11.0. The molecule has 1 heterocycles. The number of aromatic carboxylic acids is 1. The standard InChI is InChI=1S/C25H23BrN2O4/c26-21-5-10-24(32-17-18-1-3-19(4-2-18)25(29)30)20(15-21)16-27-22-6-8-23(9-7-22)28-11-13-31-14-12-28/h1-10,15-16H,11-14,17H2,(H,29,30). The maximum absolute atomic E-state index is 11.0. The predicted molar refractivity (Wildman–Crippen MR) is 129 cm³/mol. The van der Waals surface area contributed by atoms with Gasteiger partial charge in [0.15, 0.2) is 0 Å². The number of rotatable bonds is 7. The third-order valence-corrected chi connectivity index (χ3v) is 5.64. The predicted octanol–water partition coefficient (Wildman–Crippen LogP) is 5.31. The highest BCUT2D eigenvalue weighted by molar-refractivity contribution is 9.10. The molecule has 164 valence electrons. The van der Waals surface area contributed by atoms with Gasteiger partial charge in [-0.1, -0.05) is 28.1 Å². The van der Waals surface area contributed by atoms with Crippen molar-refractivity contribution in [2.75, 3.05) is 31.2 Å². The molecule has 1 fully saturated rings. The Balaban J connectivity index is 1.44. The van der Waals surface area contributed by atoms with Gasteiger partial charge in [-0.15, -0.1) is 0 Å². The second-order valence-electron chi connectivity index (χ2n) is 7.35. The minimum atomic E-state index is -0.943. The molecule has 7 heteroatoms. The van der Waals surface area contributed by atoms with Crippen molar-refractivity contribution in [3.63, 3.8) is 0 Å². The molecule has 1 aliphatic rings. The number of ether oxygens (including phenoxy) is 2. The van der Waals surface area contributed by atoms with Gasteiger partial charge in [0.05, 0.1) is 24.5 Å². The van der Waals surface area contributed by atoms with Crippen LogP contribution in [-0.2, 0) is 11.3 Å². The topological polar surface area (TPSA) is 71.4 Å². The number of anilines is 1. The molecule has 0 spiro atoms. The summed E-state index contributed by atoms with van der Waals surface area (Å²) < 4.78 is 12.3. The zero-order valence-corrected chi connectivity index (χ0v) is 19.0. The molecule has 3 aromatic carbocycles. The molecule has 0 aliphatic carbocycles. The van der Waals surface area contributed by atoms with Gasteiger partial charge in [0.1, 0.15) is 12.4 Å². The average molecular weight is 495 g/mol. The Kier molecular flexibility index (Phi) is 7.19. The van der Waals surface area contributed by atoms with E-state index in [9.17, 15) is 4.79 Å². The van der Waals surface area contributed by atoms with Crippen LogP contribution in [-0.4, -0.2) is 43.6 Å². The zero-order valence-electron chi connectivity index (χ0n) is 17.4. The van der Waals surface area contributed by atoms with Crippen LogP contribution in [0.3, 0.4) is 0 Å². The first kappa shape index (κ1) is 22.0. The summed E-state index contributed by atoms with van der Waals surface area (Å²) in [5, 5.41) is 9.02.